The third kappa shape index (κ3) is 5.00. The molecule has 4 rings (SSSR count). The summed E-state index contributed by atoms with van der Waals surface area (Å²) in [4.78, 5) is 18.4. The number of alkyl halides is 3. The standard InChI is InChI=1S/C22H20F3N5O/c23-22(24,25)18-6-7-20(30-15-26-14-27-30)19(12-18)28-21(31)13-29-10-8-17(9-11-29)16-4-2-1-3-5-16/h1-8,12,14-15H,9-11,13H2,(H,28,31). The summed E-state index contributed by atoms with van der Waals surface area (Å²) in [5.74, 6) is -0.391. The summed E-state index contributed by atoms with van der Waals surface area (Å²) in [5, 5.41) is 6.57. The number of aromatic nitrogens is 3. The van der Waals surface area contributed by atoms with Crippen LogP contribution in [-0.4, -0.2) is 45.2 Å². The molecule has 3 aromatic rings. The normalized spacial score (nSPS) is 14.9. The first-order valence-corrected chi connectivity index (χ1v) is 9.73. The van der Waals surface area contributed by atoms with Crippen molar-refractivity contribution in [1.82, 2.24) is 19.7 Å². The zero-order valence-electron chi connectivity index (χ0n) is 16.5. The largest absolute Gasteiger partial charge is 0.416 e. The molecule has 31 heavy (non-hydrogen) atoms. The van der Waals surface area contributed by atoms with E-state index in [9.17, 15) is 18.0 Å². The Morgan fingerprint density at radius 2 is 1.94 bits per heavy atom. The van der Waals surface area contributed by atoms with Gasteiger partial charge in [-0.05, 0) is 35.8 Å². The number of amides is 1. The van der Waals surface area contributed by atoms with E-state index in [4.69, 9.17) is 0 Å². The van der Waals surface area contributed by atoms with E-state index in [0.717, 1.165) is 24.1 Å². The zero-order valence-corrected chi connectivity index (χ0v) is 16.5. The van der Waals surface area contributed by atoms with Gasteiger partial charge in [0, 0.05) is 13.1 Å². The van der Waals surface area contributed by atoms with E-state index < -0.39 is 17.6 Å². The van der Waals surface area contributed by atoms with E-state index in [0.29, 0.717) is 18.8 Å². The van der Waals surface area contributed by atoms with Crippen molar-refractivity contribution in [2.45, 2.75) is 12.6 Å². The van der Waals surface area contributed by atoms with Gasteiger partial charge in [-0.1, -0.05) is 36.4 Å². The lowest BCUT2D eigenvalue weighted by Gasteiger charge is -2.26. The summed E-state index contributed by atoms with van der Waals surface area (Å²) in [5.41, 5.74) is 1.88. The molecule has 1 aliphatic rings. The minimum Gasteiger partial charge on any atom is -0.323 e. The molecule has 0 aliphatic carbocycles. The summed E-state index contributed by atoms with van der Waals surface area (Å²) in [6.07, 6.45) is 0.987. The van der Waals surface area contributed by atoms with Crippen molar-refractivity contribution in [2.75, 3.05) is 25.0 Å². The van der Waals surface area contributed by atoms with Crippen LogP contribution >= 0.6 is 0 Å². The van der Waals surface area contributed by atoms with Crippen molar-refractivity contribution >= 4 is 17.2 Å². The monoisotopic (exact) mass is 427 g/mol. The van der Waals surface area contributed by atoms with Gasteiger partial charge in [-0.2, -0.15) is 18.3 Å². The number of rotatable bonds is 5. The fraction of sp³-hybridized carbons (Fsp3) is 0.227. The maximum atomic E-state index is 13.2. The fourth-order valence-electron chi connectivity index (χ4n) is 3.51. The highest BCUT2D eigenvalue weighted by molar-refractivity contribution is 5.94. The maximum Gasteiger partial charge on any atom is 0.416 e. The van der Waals surface area contributed by atoms with Crippen LogP contribution in [0.25, 0.3) is 11.3 Å². The van der Waals surface area contributed by atoms with E-state index in [-0.39, 0.29) is 12.2 Å². The molecular weight excluding hydrogens is 407 g/mol. The van der Waals surface area contributed by atoms with Gasteiger partial charge in [-0.3, -0.25) is 9.69 Å². The van der Waals surface area contributed by atoms with Crippen LogP contribution in [0.2, 0.25) is 0 Å². The van der Waals surface area contributed by atoms with Crippen molar-refractivity contribution in [3.05, 3.63) is 78.4 Å². The molecule has 6 nitrogen and oxygen atoms in total. The molecule has 0 atom stereocenters. The molecule has 160 valence electrons. The number of halogens is 3. The van der Waals surface area contributed by atoms with Crippen molar-refractivity contribution < 1.29 is 18.0 Å². The first kappa shape index (κ1) is 20.8. The number of carbonyl (C=O) groups is 1. The summed E-state index contributed by atoms with van der Waals surface area (Å²) >= 11 is 0. The van der Waals surface area contributed by atoms with Crippen LogP contribution < -0.4 is 5.32 Å². The number of carbonyl (C=O) groups excluding carboxylic acids is 1. The van der Waals surface area contributed by atoms with E-state index in [1.807, 2.05) is 35.2 Å². The van der Waals surface area contributed by atoms with Gasteiger partial charge in [-0.25, -0.2) is 9.67 Å². The predicted octanol–water partition coefficient (Wildman–Crippen LogP) is 4.01. The van der Waals surface area contributed by atoms with E-state index in [2.05, 4.69) is 21.5 Å². The molecule has 0 bridgehead atoms. The van der Waals surface area contributed by atoms with E-state index >= 15 is 0 Å². The number of nitrogens with one attached hydrogen (secondary N) is 1. The minimum atomic E-state index is -4.52. The van der Waals surface area contributed by atoms with Crippen LogP contribution in [0, 0.1) is 0 Å². The number of anilines is 1. The topological polar surface area (TPSA) is 63.1 Å². The Labute approximate surface area is 177 Å². The first-order valence-electron chi connectivity index (χ1n) is 9.73. The van der Waals surface area contributed by atoms with E-state index in [1.165, 1.54) is 29.0 Å². The Bertz CT molecular complexity index is 1080. The van der Waals surface area contributed by atoms with Crippen molar-refractivity contribution in [2.24, 2.45) is 0 Å². The molecule has 1 aliphatic heterocycles. The second kappa shape index (κ2) is 8.73. The molecule has 0 unspecified atom stereocenters. The van der Waals surface area contributed by atoms with Gasteiger partial charge in [0.25, 0.3) is 0 Å². The average Bonchev–Trinajstić information content (AvgIpc) is 3.29. The van der Waals surface area contributed by atoms with Crippen LogP contribution in [0.3, 0.4) is 0 Å². The summed E-state index contributed by atoms with van der Waals surface area (Å²) < 4.78 is 40.8. The summed E-state index contributed by atoms with van der Waals surface area (Å²) in [7, 11) is 0. The SMILES string of the molecule is O=C(CN1CC=C(c2ccccc2)CC1)Nc1cc(C(F)(F)F)ccc1-n1cncn1. The Balaban J connectivity index is 1.46. The maximum absolute atomic E-state index is 13.2. The van der Waals surface area contributed by atoms with Crippen LogP contribution in [0.4, 0.5) is 18.9 Å². The van der Waals surface area contributed by atoms with Gasteiger partial charge in [-0.15, -0.1) is 0 Å². The van der Waals surface area contributed by atoms with E-state index in [1.54, 1.807) is 0 Å². The highest BCUT2D eigenvalue weighted by atomic mass is 19.4. The highest BCUT2D eigenvalue weighted by Gasteiger charge is 2.31. The molecule has 0 saturated carbocycles. The molecule has 2 aromatic carbocycles. The van der Waals surface area contributed by atoms with Crippen LogP contribution in [0.5, 0.6) is 0 Å². The number of benzene rings is 2. The van der Waals surface area contributed by atoms with Crippen molar-refractivity contribution in [1.29, 1.82) is 0 Å². The fourth-order valence-corrected chi connectivity index (χ4v) is 3.51. The van der Waals surface area contributed by atoms with Gasteiger partial charge in [0.1, 0.15) is 12.7 Å². The molecule has 1 N–H and O–H groups in total. The van der Waals surface area contributed by atoms with Crippen LogP contribution in [0.15, 0.2) is 67.3 Å². The highest BCUT2D eigenvalue weighted by Crippen LogP contribution is 2.33. The third-order valence-corrected chi connectivity index (χ3v) is 5.07. The molecule has 9 heteroatoms. The molecule has 2 heterocycles. The third-order valence-electron chi connectivity index (χ3n) is 5.07. The van der Waals surface area contributed by atoms with Gasteiger partial charge in [0.05, 0.1) is 23.5 Å². The van der Waals surface area contributed by atoms with Gasteiger partial charge in [0.2, 0.25) is 5.91 Å². The molecule has 0 saturated heterocycles. The molecule has 1 aromatic heterocycles. The second-order valence-electron chi connectivity index (χ2n) is 7.20. The molecular formula is C22H20F3N5O. The molecule has 0 radical (unpaired) electrons. The predicted molar refractivity (Wildman–Crippen MR) is 110 cm³/mol. The Morgan fingerprint density at radius 1 is 1.13 bits per heavy atom. The Kier molecular flexibility index (Phi) is 5.85. The summed E-state index contributed by atoms with van der Waals surface area (Å²) in [6.45, 7) is 1.36. The van der Waals surface area contributed by atoms with Crippen LogP contribution in [0.1, 0.15) is 17.5 Å². The van der Waals surface area contributed by atoms with Gasteiger partial charge >= 0.3 is 6.18 Å². The summed E-state index contributed by atoms with van der Waals surface area (Å²) in [6, 6.07) is 13.2. The second-order valence-corrected chi connectivity index (χ2v) is 7.20. The number of hydrogen-bond donors (Lipinski definition) is 1. The number of nitrogens with zero attached hydrogens (tertiary/aromatic N) is 4. The lowest BCUT2D eigenvalue weighted by Crippen LogP contribution is -2.36. The molecule has 1 amide bonds. The first-order chi connectivity index (χ1) is 14.9. The minimum absolute atomic E-state index is 0.0304. The van der Waals surface area contributed by atoms with Crippen molar-refractivity contribution in [3.8, 4) is 5.69 Å². The molecule has 0 spiro atoms. The molecule has 0 fully saturated rings. The van der Waals surface area contributed by atoms with Crippen molar-refractivity contribution in [3.63, 3.8) is 0 Å². The lowest BCUT2D eigenvalue weighted by molar-refractivity contribution is -0.137. The Hall–Kier alpha value is -3.46. The number of hydrogen-bond acceptors (Lipinski definition) is 4. The quantitative estimate of drug-likeness (QED) is 0.668. The smallest absolute Gasteiger partial charge is 0.323 e. The lowest BCUT2D eigenvalue weighted by atomic mass is 10.00. The van der Waals surface area contributed by atoms with Gasteiger partial charge < -0.3 is 5.32 Å². The Morgan fingerprint density at radius 3 is 2.58 bits per heavy atom. The average molecular weight is 427 g/mol. The van der Waals surface area contributed by atoms with Gasteiger partial charge in [0.15, 0.2) is 0 Å². The van der Waals surface area contributed by atoms with Crippen LogP contribution in [-0.2, 0) is 11.0 Å². The zero-order chi connectivity index (χ0) is 21.8.